The number of rotatable bonds is 4. The lowest BCUT2D eigenvalue weighted by atomic mass is 9.99. The van der Waals surface area contributed by atoms with Gasteiger partial charge in [0, 0.05) is 18.7 Å². The van der Waals surface area contributed by atoms with Crippen molar-refractivity contribution in [3.05, 3.63) is 23.7 Å². The number of carbonyl (C=O) groups excluding carboxylic acids is 1. The molecule has 0 unspecified atom stereocenters. The molecule has 3 heterocycles. The van der Waals surface area contributed by atoms with Crippen LogP contribution in [-0.4, -0.2) is 45.4 Å². The van der Waals surface area contributed by atoms with Gasteiger partial charge >= 0.3 is 5.97 Å². The van der Waals surface area contributed by atoms with Gasteiger partial charge in [0.2, 0.25) is 0 Å². The molecule has 1 saturated heterocycles. The van der Waals surface area contributed by atoms with Crippen LogP contribution in [0, 0.1) is 5.92 Å². The number of pyridine rings is 1. The molecule has 24 heavy (non-hydrogen) atoms. The Balaban J connectivity index is 2.11. The number of carbonyl (C=O) groups is 1. The smallest absolute Gasteiger partial charge is 0.378 e. The molecule has 7 heteroatoms. The third-order valence-electron chi connectivity index (χ3n) is 4.33. The first-order valence-electron chi connectivity index (χ1n) is 8.35. The minimum Gasteiger partial charge on any atom is -0.460 e. The second-order valence-corrected chi connectivity index (χ2v) is 6.93. The molecule has 0 radical (unpaired) electrons. The normalized spacial score (nSPS) is 18.4. The standard InChI is InChI=1S/C17H24N4O3/c1-5-24-16(22)14-18-15-13(17(3,4)23)8-12(10-21(15)19-14)20-7-6-11(2)9-20/h8,10-11,23H,5-7,9H2,1-4H3/t11-/m1/s1. The van der Waals surface area contributed by atoms with Crippen molar-refractivity contribution >= 4 is 17.3 Å². The molecule has 1 aliphatic heterocycles. The van der Waals surface area contributed by atoms with E-state index in [4.69, 9.17) is 4.74 Å². The van der Waals surface area contributed by atoms with Crippen molar-refractivity contribution in [2.24, 2.45) is 5.92 Å². The van der Waals surface area contributed by atoms with E-state index in [9.17, 15) is 9.90 Å². The van der Waals surface area contributed by atoms with Gasteiger partial charge in [-0.2, -0.15) is 0 Å². The Morgan fingerprint density at radius 3 is 2.83 bits per heavy atom. The predicted octanol–water partition coefficient (Wildman–Crippen LogP) is 1.98. The summed E-state index contributed by atoms with van der Waals surface area (Å²) in [6, 6.07) is 1.94. The lowest BCUT2D eigenvalue weighted by molar-refractivity contribution is 0.0512. The van der Waals surface area contributed by atoms with Gasteiger partial charge in [-0.3, -0.25) is 0 Å². The number of aromatic nitrogens is 3. The highest BCUT2D eigenvalue weighted by molar-refractivity contribution is 5.86. The summed E-state index contributed by atoms with van der Waals surface area (Å²) >= 11 is 0. The third kappa shape index (κ3) is 3.08. The predicted molar refractivity (Wildman–Crippen MR) is 90.2 cm³/mol. The van der Waals surface area contributed by atoms with E-state index in [0.717, 1.165) is 25.2 Å². The molecule has 0 aliphatic carbocycles. The van der Waals surface area contributed by atoms with Crippen molar-refractivity contribution in [2.75, 3.05) is 24.6 Å². The molecule has 1 N–H and O–H groups in total. The van der Waals surface area contributed by atoms with E-state index in [2.05, 4.69) is 21.9 Å². The molecule has 0 amide bonds. The first-order valence-corrected chi connectivity index (χ1v) is 8.35. The summed E-state index contributed by atoms with van der Waals surface area (Å²) in [5.41, 5.74) is 0.995. The summed E-state index contributed by atoms with van der Waals surface area (Å²) < 4.78 is 6.54. The molecule has 130 valence electrons. The molecule has 7 nitrogen and oxygen atoms in total. The van der Waals surface area contributed by atoms with Crippen LogP contribution >= 0.6 is 0 Å². The van der Waals surface area contributed by atoms with Crippen LogP contribution in [-0.2, 0) is 10.3 Å². The zero-order valence-electron chi connectivity index (χ0n) is 14.6. The molecule has 0 aromatic carbocycles. The number of nitrogens with zero attached hydrogens (tertiary/aromatic N) is 4. The number of ether oxygens (including phenoxy) is 1. The van der Waals surface area contributed by atoms with Gasteiger partial charge in [-0.1, -0.05) is 6.92 Å². The quantitative estimate of drug-likeness (QED) is 0.863. The SMILES string of the molecule is CCOC(=O)c1nc2c(C(C)(C)O)cc(N3CC[C@@H](C)C3)cn2n1. The van der Waals surface area contributed by atoms with Crippen LogP contribution in [0.1, 0.15) is 50.3 Å². The zero-order chi connectivity index (χ0) is 17.5. The van der Waals surface area contributed by atoms with Crippen LogP contribution in [0.25, 0.3) is 5.65 Å². The minimum atomic E-state index is -1.10. The maximum absolute atomic E-state index is 11.9. The molecular weight excluding hydrogens is 308 g/mol. The lowest BCUT2D eigenvalue weighted by Crippen LogP contribution is -2.22. The maximum atomic E-state index is 11.9. The lowest BCUT2D eigenvalue weighted by Gasteiger charge is -2.23. The highest BCUT2D eigenvalue weighted by Gasteiger charge is 2.27. The van der Waals surface area contributed by atoms with Crippen molar-refractivity contribution in [2.45, 2.75) is 39.7 Å². The minimum absolute atomic E-state index is 0.00860. The number of esters is 1. The molecule has 3 rings (SSSR count). The molecular formula is C17H24N4O3. The molecule has 0 saturated carbocycles. The summed E-state index contributed by atoms with van der Waals surface area (Å²) in [5.74, 6) is 0.0886. The van der Waals surface area contributed by atoms with Crippen LogP contribution in [0.3, 0.4) is 0 Å². The number of anilines is 1. The van der Waals surface area contributed by atoms with Crippen LogP contribution < -0.4 is 4.90 Å². The molecule has 2 aromatic rings. The van der Waals surface area contributed by atoms with E-state index in [0.29, 0.717) is 17.1 Å². The summed E-state index contributed by atoms with van der Waals surface area (Å²) in [7, 11) is 0. The van der Waals surface area contributed by atoms with E-state index in [1.807, 2.05) is 12.3 Å². The largest absolute Gasteiger partial charge is 0.460 e. The van der Waals surface area contributed by atoms with Crippen LogP contribution in [0.2, 0.25) is 0 Å². The second-order valence-electron chi connectivity index (χ2n) is 6.93. The van der Waals surface area contributed by atoms with Gasteiger partial charge < -0.3 is 14.7 Å². The van der Waals surface area contributed by atoms with Crippen molar-refractivity contribution in [1.82, 2.24) is 14.6 Å². The Kier molecular flexibility index (Phi) is 4.21. The average molecular weight is 332 g/mol. The molecule has 2 aromatic heterocycles. The topological polar surface area (TPSA) is 80.0 Å². The first kappa shape index (κ1) is 16.7. The van der Waals surface area contributed by atoms with Gasteiger partial charge in [0.05, 0.1) is 24.1 Å². The first-order chi connectivity index (χ1) is 11.3. The monoisotopic (exact) mass is 332 g/mol. The fourth-order valence-electron chi connectivity index (χ4n) is 3.05. The third-order valence-corrected chi connectivity index (χ3v) is 4.33. The van der Waals surface area contributed by atoms with Crippen LogP contribution in [0.4, 0.5) is 5.69 Å². The summed E-state index contributed by atoms with van der Waals surface area (Å²) in [6.45, 7) is 9.58. The fourth-order valence-corrected chi connectivity index (χ4v) is 3.05. The second kappa shape index (κ2) is 6.05. The van der Waals surface area contributed by atoms with Gasteiger partial charge in [-0.15, -0.1) is 5.10 Å². The van der Waals surface area contributed by atoms with E-state index in [-0.39, 0.29) is 12.4 Å². The summed E-state index contributed by atoms with van der Waals surface area (Å²) in [5, 5.41) is 14.8. The number of aliphatic hydroxyl groups is 1. The van der Waals surface area contributed by atoms with E-state index in [1.54, 1.807) is 25.3 Å². The Bertz CT molecular complexity index is 763. The Labute approximate surface area is 141 Å². The van der Waals surface area contributed by atoms with Crippen molar-refractivity contribution < 1.29 is 14.6 Å². The zero-order valence-corrected chi connectivity index (χ0v) is 14.6. The maximum Gasteiger partial charge on any atom is 0.378 e. The van der Waals surface area contributed by atoms with Gasteiger partial charge in [0.15, 0.2) is 5.65 Å². The van der Waals surface area contributed by atoms with E-state index < -0.39 is 11.6 Å². The Hall–Kier alpha value is -2.15. The molecule has 1 aliphatic rings. The van der Waals surface area contributed by atoms with Crippen molar-refractivity contribution in [3.63, 3.8) is 0 Å². The summed E-state index contributed by atoms with van der Waals surface area (Å²) in [6.07, 6.45) is 3.00. The molecule has 1 atom stereocenters. The van der Waals surface area contributed by atoms with Gasteiger partial charge in [-0.25, -0.2) is 14.3 Å². The van der Waals surface area contributed by atoms with Gasteiger partial charge in [-0.05, 0) is 39.2 Å². The van der Waals surface area contributed by atoms with Crippen molar-refractivity contribution in [3.8, 4) is 0 Å². The van der Waals surface area contributed by atoms with Gasteiger partial charge in [0.1, 0.15) is 0 Å². The van der Waals surface area contributed by atoms with Gasteiger partial charge in [0.25, 0.3) is 5.82 Å². The molecule has 1 fully saturated rings. The Morgan fingerprint density at radius 2 is 2.25 bits per heavy atom. The van der Waals surface area contributed by atoms with Crippen molar-refractivity contribution in [1.29, 1.82) is 0 Å². The number of hydrogen-bond donors (Lipinski definition) is 1. The van der Waals surface area contributed by atoms with Crippen LogP contribution in [0.5, 0.6) is 0 Å². The summed E-state index contributed by atoms with van der Waals surface area (Å²) in [4.78, 5) is 18.5. The highest BCUT2D eigenvalue weighted by Crippen LogP contribution is 2.30. The number of fused-ring (bicyclic) bond motifs is 1. The number of hydrogen-bond acceptors (Lipinski definition) is 6. The van der Waals surface area contributed by atoms with Crippen LogP contribution in [0.15, 0.2) is 12.3 Å². The molecule has 0 bridgehead atoms. The molecule has 0 spiro atoms. The fraction of sp³-hybridized carbons (Fsp3) is 0.588. The van der Waals surface area contributed by atoms with E-state index >= 15 is 0 Å². The average Bonchev–Trinajstić information content (AvgIpc) is 3.11. The highest BCUT2D eigenvalue weighted by atomic mass is 16.5. The van der Waals surface area contributed by atoms with E-state index in [1.165, 1.54) is 0 Å². The Morgan fingerprint density at radius 1 is 1.50 bits per heavy atom.